The van der Waals surface area contributed by atoms with E-state index in [-0.39, 0.29) is 23.9 Å². The van der Waals surface area contributed by atoms with Gasteiger partial charge in [-0.2, -0.15) is 0 Å². The minimum absolute atomic E-state index is 0.0389. The third kappa shape index (κ3) is 7.54. The lowest BCUT2D eigenvalue weighted by Crippen LogP contribution is -2.39. The molecule has 1 aromatic heterocycles. The lowest BCUT2D eigenvalue weighted by Gasteiger charge is -2.22. The molecule has 1 saturated carbocycles. The van der Waals surface area contributed by atoms with Gasteiger partial charge in [-0.05, 0) is 58.1 Å². The maximum absolute atomic E-state index is 12.8. The molecule has 0 aliphatic heterocycles. The number of hydrogen-bond donors (Lipinski definition) is 2. The standard InChI is InChI=1S/C21H34N2O5/c1-14(2)12-26-13-17(18-7-6-10-27-18)23-19(24)15-8-9-16(11-15)22-20(25)28-21(3,4)5/h6-7,10,14-17H,8-9,11-13H2,1-5H3,(H,22,25)(H,23,24)/t15-,16+,17-/m0/s1. The quantitative estimate of drug-likeness (QED) is 0.700. The lowest BCUT2D eigenvalue weighted by atomic mass is 10.1. The first-order chi connectivity index (χ1) is 13.1. The van der Waals surface area contributed by atoms with Gasteiger partial charge >= 0.3 is 6.09 Å². The van der Waals surface area contributed by atoms with Crippen molar-refractivity contribution in [2.24, 2.45) is 11.8 Å². The Kier molecular flexibility index (Phi) is 7.92. The Morgan fingerprint density at radius 3 is 2.61 bits per heavy atom. The summed E-state index contributed by atoms with van der Waals surface area (Å²) in [4.78, 5) is 24.7. The van der Waals surface area contributed by atoms with Gasteiger partial charge in [0.2, 0.25) is 5.91 Å². The molecular weight excluding hydrogens is 360 g/mol. The number of nitrogens with one attached hydrogen (secondary N) is 2. The predicted molar refractivity (Wildman–Crippen MR) is 106 cm³/mol. The van der Waals surface area contributed by atoms with E-state index in [1.807, 2.05) is 26.8 Å². The maximum atomic E-state index is 12.8. The van der Waals surface area contributed by atoms with Crippen LogP contribution in [0.1, 0.15) is 65.7 Å². The zero-order chi connectivity index (χ0) is 20.7. The first-order valence-corrected chi connectivity index (χ1v) is 10.0. The summed E-state index contributed by atoms with van der Waals surface area (Å²) < 4.78 is 16.5. The molecule has 28 heavy (non-hydrogen) atoms. The minimum Gasteiger partial charge on any atom is -0.467 e. The van der Waals surface area contributed by atoms with Gasteiger partial charge in [-0.15, -0.1) is 0 Å². The highest BCUT2D eigenvalue weighted by molar-refractivity contribution is 5.79. The minimum atomic E-state index is -0.536. The second kappa shape index (κ2) is 9.96. The molecule has 1 aromatic rings. The van der Waals surface area contributed by atoms with Crippen LogP contribution in [-0.4, -0.2) is 36.9 Å². The number of carbonyl (C=O) groups is 2. The number of furan rings is 1. The van der Waals surface area contributed by atoms with Crippen molar-refractivity contribution < 1.29 is 23.5 Å². The van der Waals surface area contributed by atoms with Gasteiger partial charge in [-0.3, -0.25) is 4.79 Å². The molecule has 7 nitrogen and oxygen atoms in total. The summed E-state index contributed by atoms with van der Waals surface area (Å²) in [5, 5.41) is 5.91. The normalized spacial score (nSPS) is 20.8. The van der Waals surface area contributed by atoms with Crippen LogP contribution in [0.2, 0.25) is 0 Å². The van der Waals surface area contributed by atoms with E-state index < -0.39 is 11.7 Å². The van der Waals surface area contributed by atoms with E-state index in [1.54, 1.807) is 12.3 Å². The topological polar surface area (TPSA) is 89.8 Å². The number of carbonyl (C=O) groups excluding carboxylic acids is 2. The fourth-order valence-corrected chi connectivity index (χ4v) is 3.22. The Hall–Kier alpha value is -2.02. The van der Waals surface area contributed by atoms with Crippen LogP contribution in [0.25, 0.3) is 0 Å². The average molecular weight is 395 g/mol. The van der Waals surface area contributed by atoms with Crippen LogP contribution in [0.4, 0.5) is 4.79 Å². The summed E-state index contributed by atoms with van der Waals surface area (Å²) in [6.07, 6.45) is 3.24. The molecule has 3 atom stereocenters. The second-order valence-corrected chi connectivity index (χ2v) is 8.86. The summed E-state index contributed by atoms with van der Waals surface area (Å²) in [6, 6.07) is 3.27. The van der Waals surface area contributed by atoms with Crippen molar-refractivity contribution in [3.63, 3.8) is 0 Å². The lowest BCUT2D eigenvalue weighted by molar-refractivity contribution is -0.126. The fraction of sp³-hybridized carbons (Fsp3) is 0.714. The third-order valence-electron chi connectivity index (χ3n) is 4.46. The molecule has 0 saturated heterocycles. The molecule has 2 N–H and O–H groups in total. The van der Waals surface area contributed by atoms with Crippen molar-refractivity contribution in [1.82, 2.24) is 10.6 Å². The summed E-state index contributed by atoms with van der Waals surface area (Å²) in [5.74, 6) is 0.909. The van der Waals surface area contributed by atoms with Crippen LogP contribution in [0.5, 0.6) is 0 Å². The number of rotatable bonds is 8. The summed E-state index contributed by atoms with van der Waals surface area (Å²) in [7, 11) is 0. The maximum Gasteiger partial charge on any atom is 0.407 e. The van der Waals surface area contributed by atoms with Crippen molar-refractivity contribution in [2.75, 3.05) is 13.2 Å². The van der Waals surface area contributed by atoms with Crippen molar-refractivity contribution in [2.45, 2.75) is 71.6 Å². The molecule has 158 valence electrons. The van der Waals surface area contributed by atoms with Gasteiger partial charge in [0.1, 0.15) is 17.4 Å². The van der Waals surface area contributed by atoms with E-state index in [0.717, 1.165) is 12.8 Å². The van der Waals surface area contributed by atoms with Crippen LogP contribution in [-0.2, 0) is 14.3 Å². The van der Waals surface area contributed by atoms with Crippen molar-refractivity contribution in [1.29, 1.82) is 0 Å². The smallest absolute Gasteiger partial charge is 0.407 e. The fourth-order valence-electron chi connectivity index (χ4n) is 3.22. The average Bonchev–Trinajstić information content (AvgIpc) is 3.23. The van der Waals surface area contributed by atoms with E-state index in [4.69, 9.17) is 13.9 Å². The zero-order valence-electron chi connectivity index (χ0n) is 17.6. The first-order valence-electron chi connectivity index (χ1n) is 10.0. The highest BCUT2D eigenvalue weighted by Gasteiger charge is 2.33. The molecule has 2 rings (SSSR count). The number of hydrogen-bond acceptors (Lipinski definition) is 5. The van der Waals surface area contributed by atoms with Crippen LogP contribution in [0, 0.1) is 11.8 Å². The van der Waals surface area contributed by atoms with Crippen molar-refractivity contribution in [3.05, 3.63) is 24.2 Å². The van der Waals surface area contributed by atoms with E-state index in [0.29, 0.717) is 31.3 Å². The van der Waals surface area contributed by atoms with Crippen LogP contribution in [0.15, 0.2) is 22.8 Å². The molecule has 7 heteroatoms. The number of ether oxygens (including phenoxy) is 2. The Labute approximate surface area is 167 Å². The predicted octanol–water partition coefficient (Wildman–Crippen LogP) is 3.80. The van der Waals surface area contributed by atoms with Crippen LogP contribution in [0.3, 0.4) is 0 Å². The molecular formula is C21H34N2O5. The highest BCUT2D eigenvalue weighted by Crippen LogP contribution is 2.27. The van der Waals surface area contributed by atoms with Gasteiger partial charge in [-0.1, -0.05) is 13.8 Å². The summed E-state index contributed by atoms with van der Waals surface area (Å²) in [6.45, 7) is 10.6. The molecule has 0 bridgehead atoms. The molecule has 0 aromatic carbocycles. The van der Waals surface area contributed by atoms with Gasteiger partial charge in [0.05, 0.1) is 12.9 Å². The van der Waals surface area contributed by atoms with Gasteiger partial charge in [0.25, 0.3) is 0 Å². The zero-order valence-corrected chi connectivity index (χ0v) is 17.6. The monoisotopic (exact) mass is 394 g/mol. The molecule has 1 aliphatic carbocycles. The Balaban J connectivity index is 1.85. The number of amides is 2. The highest BCUT2D eigenvalue weighted by atomic mass is 16.6. The van der Waals surface area contributed by atoms with E-state index in [1.165, 1.54) is 0 Å². The Morgan fingerprint density at radius 2 is 2.00 bits per heavy atom. The summed E-state index contributed by atoms with van der Waals surface area (Å²) in [5.41, 5.74) is -0.536. The van der Waals surface area contributed by atoms with E-state index in [9.17, 15) is 9.59 Å². The third-order valence-corrected chi connectivity index (χ3v) is 4.46. The summed E-state index contributed by atoms with van der Waals surface area (Å²) >= 11 is 0. The van der Waals surface area contributed by atoms with Gasteiger partial charge < -0.3 is 24.5 Å². The van der Waals surface area contributed by atoms with E-state index in [2.05, 4.69) is 24.5 Å². The van der Waals surface area contributed by atoms with Crippen LogP contribution >= 0.6 is 0 Å². The first kappa shape index (κ1) is 22.3. The van der Waals surface area contributed by atoms with Gasteiger partial charge in [-0.25, -0.2) is 4.79 Å². The molecule has 0 spiro atoms. The molecule has 1 fully saturated rings. The largest absolute Gasteiger partial charge is 0.467 e. The molecule has 0 unspecified atom stereocenters. The second-order valence-electron chi connectivity index (χ2n) is 8.86. The molecule has 1 heterocycles. The van der Waals surface area contributed by atoms with E-state index >= 15 is 0 Å². The van der Waals surface area contributed by atoms with Crippen molar-refractivity contribution >= 4 is 12.0 Å². The Bertz CT molecular complexity index is 621. The number of alkyl carbamates (subject to hydrolysis) is 1. The SMILES string of the molecule is CC(C)COC[C@H](NC(=O)[C@H]1CC[C@@H](NC(=O)OC(C)(C)C)C1)c1ccco1. The Morgan fingerprint density at radius 1 is 1.25 bits per heavy atom. The molecule has 0 radical (unpaired) electrons. The molecule has 1 aliphatic rings. The van der Waals surface area contributed by atoms with Gasteiger partial charge in [0, 0.05) is 18.6 Å². The molecule has 2 amide bonds. The van der Waals surface area contributed by atoms with Gasteiger partial charge in [0.15, 0.2) is 0 Å². The van der Waals surface area contributed by atoms with Crippen molar-refractivity contribution in [3.8, 4) is 0 Å². The van der Waals surface area contributed by atoms with Crippen LogP contribution < -0.4 is 10.6 Å².